The first-order chi connectivity index (χ1) is 17.6. The van der Waals surface area contributed by atoms with Crippen LogP contribution in [0.2, 0.25) is 0 Å². The molecule has 1 aliphatic rings. The van der Waals surface area contributed by atoms with Gasteiger partial charge < -0.3 is 10.6 Å². The van der Waals surface area contributed by atoms with Crippen molar-refractivity contribution in [3.05, 3.63) is 78.1 Å². The fourth-order valence-corrected chi connectivity index (χ4v) is 5.32. The third-order valence-corrected chi connectivity index (χ3v) is 7.11. The second-order valence-corrected chi connectivity index (χ2v) is 9.69. The molecule has 2 N–H and O–H groups in total. The minimum atomic E-state index is -0.237. The Kier molecular flexibility index (Phi) is 6.11. The van der Waals surface area contributed by atoms with Gasteiger partial charge in [-0.25, -0.2) is 13.9 Å². The van der Waals surface area contributed by atoms with Crippen molar-refractivity contribution < 1.29 is 4.39 Å². The zero-order valence-electron chi connectivity index (χ0n) is 20.3. The third kappa shape index (κ3) is 4.56. The minimum Gasteiger partial charge on any atom is -0.382 e. The number of nitrogens with two attached hydrogens (primary N) is 1. The van der Waals surface area contributed by atoms with Crippen molar-refractivity contribution in [2.45, 2.75) is 38.6 Å². The summed E-state index contributed by atoms with van der Waals surface area (Å²) in [5.41, 5.74) is 12.1. The van der Waals surface area contributed by atoms with Gasteiger partial charge >= 0.3 is 0 Å². The molecule has 5 aromatic rings. The number of fused-ring (bicyclic) bond motifs is 2. The van der Waals surface area contributed by atoms with Crippen molar-refractivity contribution in [1.82, 2.24) is 29.3 Å². The molecule has 0 radical (unpaired) electrons. The van der Waals surface area contributed by atoms with Gasteiger partial charge in [0.1, 0.15) is 17.7 Å². The molecule has 7 nitrogen and oxygen atoms in total. The highest BCUT2D eigenvalue weighted by atomic mass is 19.1. The summed E-state index contributed by atoms with van der Waals surface area (Å²) in [6, 6.07) is 15.1. The van der Waals surface area contributed by atoms with Crippen molar-refractivity contribution in [2.75, 3.05) is 25.4 Å². The van der Waals surface area contributed by atoms with Crippen LogP contribution in [-0.4, -0.2) is 48.9 Å². The first kappa shape index (κ1) is 22.7. The quantitative estimate of drug-likeness (QED) is 0.317. The zero-order valence-corrected chi connectivity index (χ0v) is 20.3. The minimum absolute atomic E-state index is 0.237. The van der Waals surface area contributed by atoms with Crippen molar-refractivity contribution in [3.63, 3.8) is 0 Å². The van der Waals surface area contributed by atoms with Crippen LogP contribution >= 0.6 is 0 Å². The van der Waals surface area contributed by atoms with E-state index < -0.39 is 0 Å². The largest absolute Gasteiger partial charge is 0.382 e. The summed E-state index contributed by atoms with van der Waals surface area (Å²) in [6.07, 6.45) is 9.40. The van der Waals surface area contributed by atoms with E-state index in [9.17, 15) is 4.39 Å². The maximum atomic E-state index is 13.6. The molecule has 1 fully saturated rings. The predicted molar refractivity (Wildman–Crippen MR) is 140 cm³/mol. The van der Waals surface area contributed by atoms with E-state index in [1.165, 1.54) is 51.3 Å². The number of nitrogens with zero attached hydrogens (tertiary/aromatic N) is 6. The van der Waals surface area contributed by atoms with Crippen LogP contribution in [0.3, 0.4) is 0 Å². The summed E-state index contributed by atoms with van der Waals surface area (Å²) in [7, 11) is 0. The molecule has 0 bridgehead atoms. The van der Waals surface area contributed by atoms with Gasteiger partial charge in [0.25, 0.3) is 0 Å². The molecule has 0 aliphatic carbocycles. The van der Waals surface area contributed by atoms with E-state index in [2.05, 4.69) is 39.2 Å². The molecular weight excluding hydrogens is 453 g/mol. The van der Waals surface area contributed by atoms with Crippen LogP contribution in [0.5, 0.6) is 0 Å². The molecule has 0 unspecified atom stereocenters. The number of anilines is 1. The second-order valence-electron chi connectivity index (χ2n) is 9.69. The van der Waals surface area contributed by atoms with E-state index in [0.717, 1.165) is 51.6 Å². The molecule has 6 rings (SSSR count). The predicted octanol–water partition coefficient (Wildman–Crippen LogP) is 4.93. The zero-order chi connectivity index (χ0) is 24.5. The standard InChI is InChI=1S/C28H30FN7/c29-23-7-5-6-20(14-23)17-35-18-22-10-9-21(15-26(22)33-35)25-16-24(36-27(25)28(30)31-19-32-36)8-1-2-11-34-12-3-4-13-34/h5-7,9-10,14-16,18-19H,1-4,8,11-13,17H2,(H2,30,31,32). The summed E-state index contributed by atoms with van der Waals surface area (Å²) < 4.78 is 17.4. The highest BCUT2D eigenvalue weighted by molar-refractivity contribution is 5.92. The number of hydrogen-bond acceptors (Lipinski definition) is 5. The summed E-state index contributed by atoms with van der Waals surface area (Å²) in [6.45, 7) is 4.16. The molecular formula is C28H30FN7. The van der Waals surface area contributed by atoms with E-state index in [1.54, 1.807) is 12.1 Å². The summed E-state index contributed by atoms with van der Waals surface area (Å²) >= 11 is 0. The lowest BCUT2D eigenvalue weighted by Crippen LogP contribution is -2.20. The molecule has 1 saturated heterocycles. The summed E-state index contributed by atoms with van der Waals surface area (Å²) in [5.74, 6) is 0.235. The van der Waals surface area contributed by atoms with Gasteiger partial charge in [-0.05, 0) is 87.1 Å². The Hall–Kier alpha value is -3.78. The number of aryl methyl sites for hydroxylation is 1. The molecule has 1 aliphatic heterocycles. The Bertz CT molecular complexity index is 1510. The number of rotatable bonds is 8. The Labute approximate surface area is 209 Å². The highest BCUT2D eigenvalue weighted by Crippen LogP contribution is 2.32. The van der Waals surface area contributed by atoms with Gasteiger partial charge in [0, 0.05) is 22.8 Å². The second kappa shape index (κ2) is 9.70. The molecule has 36 heavy (non-hydrogen) atoms. The van der Waals surface area contributed by atoms with Crippen LogP contribution in [0.4, 0.5) is 10.2 Å². The van der Waals surface area contributed by atoms with Crippen molar-refractivity contribution in [1.29, 1.82) is 0 Å². The molecule has 184 valence electrons. The third-order valence-electron chi connectivity index (χ3n) is 7.11. The topological polar surface area (TPSA) is 77.3 Å². The number of halogens is 1. The van der Waals surface area contributed by atoms with Gasteiger partial charge in [-0.1, -0.05) is 24.3 Å². The average molecular weight is 484 g/mol. The fraction of sp³-hybridized carbons (Fsp3) is 0.321. The Morgan fingerprint density at radius 3 is 2.75 bits per heavy atom. The first-order valence-electron chi connectivity index (χ1n) is 12.7. The number of aromatic nitrogens is 5. The van der Waals surface area contributed by atoms with Crippen molar-refractivity contribution in [3.8, 4) is 11.1 Å². The molecule has 3 aromatic heterocycles. The number of nitrogen functional groups attached to an aromatic ring is 1. The van der Waals surface area contributed by atoms with E-state index >= 15 is 0 Å². The fourth-order valence-electron chi connectivity index (χ4n) is 5.32. The van der Waals surface area contributed by atoms with Crippen molar-refractivity contribution >= 4 is 22.2 Å². The molecule has 0 amide bonds. The maximum Gasteiger partial charge on any atom is 0.151 e. The normalized spacial score (nSPS) is 14.4. The van der Waals surface area contributed by atoms with Gasteiger partial charge in [0.05, 0.1) is 12.1 Å². The number of hydrogen-bond donors (Lipinski definition) is 1. The SMILES string of the molecule is Nc1ncnn2c(CCCCN3CCCC3)cc(-c3ccc4cn(Cc5cccc(F)c5)nc4c3)c12. The van der Waals surface area contributed by atoms with Gasteiger partial charge in [0.2, 0.25) is 0 Å². The molecule has 2 aromatic carbocycles. The summed E-state index contributed by atoms with van der Waals surface area (Å²) in [5, 5.41) is 10.3. The Balaban J connectivity index is 1.27. The lowest BCUT2D eigenvalue weighted by atomic mass is 10.0. The molecule has 0 spiro atoms. The monoisotopic (exact) mass is 483 g/mol. The number of unbranched alkanes of at least 4 members (excludes halogenated alkanes) is 1. The van der Waals surface area contributed by atoms with Crippen LogP contribution < -0.4 is 5.73 Å². The van der Waals surface area contributed by atoms with Crippen LogP contribution in [-0.2, 0) is 13.0 Å². The molecule has 8 heteroatoms. The number of likely N-dealkylation sites (tertiary alicyclic amines) is 1. The average Bonchev–Trinajstić information content (AvgIpc) is 3.60. The van der Waals surface area contributed by atoms with E-state index in [1.807, 2.05) is 21.5 Å². The first-order valence-corrected chi connectivity index (χ1v) is 12.7. The van der Waals surface area contributed by atoms with Crippen LogP contribution in [0, 0.1) is 5.82 Å². The van der Waals surface area contributed by atoms with E-state index in [-0.39, 0.29) is 5.82 Å². The molecule has 0 atom stereocenters. The van der Waals surface area contributed by atoms with E-state index in [0.29, 0.717) is 12.4 Å². The Morgan fingerprint density at radius 1 is 1.00 bits per heavy atom. The molecule has 0 saturated carbocycles. The van der Waals surface area contributed by atoms with Gasteiger partial charge in [-0.2, -0.15) is 10.2 Å². The number of benzene rings is 2. The smallest absolute Gasteiger partial charge is 0.151 e. The maximum absolute atomic E-state index is 13.6. The molecule has 4 heterocycles. The summed E-state index contributed by atoms with van der Waals surface area (Å²) in [4.78, 5) is 6.82. The van der Waals surface area contributed by atoms with E-state index in [4.69, 9.17) is 10.8 Å². The lowest BCUT2D eigenvalue weighted by Gasteiger charge is -2.13. The van der Waals surface area contributed by atoms with Gasteiger partial charge in [-0.15, -0.1) is 0 Å². The van der Waals surface area contributed by atoms with Crippen LogP contribution in [0.1, 0.15) is 36.9 Å². The lowest BCUT2D eigenvalue weighted by molar-refractivity contribution is 0.330. The Morgan fingerprint density at radius 2 is 1.89 bits per heavy atom. The van der Waals surface area contributed by atoms with Crippen molar-refractivity contribution in [2.24, 2.45) is 0 Å². The highest BCUT2D eigenvalue weighted by Gasteiger charge is 2.17. The van der Waals surface area contributed by atoms with Gasteiger partial charge in [-0.3, -0.25) is 4.68 Å². The van der Waals surface area contributed by atoms with Gasteiger partial charge in [0.15, 0.2) is 5.82 Å². The van der Waals surface area contributed by atoms with Crippen LogP contribution in [0.25, 0.3) is 27.5 Å². The van der Waals surface area contributed by atoms with Crippen LogP contribution in [0.15, 0.2) is 61.1 Å².